The maximum atomic E-state index is 13.4. The van der Waals surface area contributed by atoms with Crippen molar-refractivity contribution in [2.75, 3.05) is 19.5 Å². The molecule has 3 aromatic rings. The lowest BCUT2D eigenvalue weighted by molar-refractivity contribution is 0.338. The summed E-state index contributed by atoms with van der Waals surface area (Å²) in [5, 5.41) is 0. The third-order valence-corrected chi connectivity index (χ3v) is 4.79. The summed E-state index contributed by atoms with van der Waals surface area (Å²) >= 11 is 0. The normalized spacial score (nSPS) is 11.1. The molecule has 0 unspecified atom stereocenters. The van der Waals surface area contributed by atoms with Crippen LogP contribution in [0.5, 0.6) is 11.5 Å². The highest BCUT2D eigenvalue weighted by molar-refractivity contribution is 5.70. The van der Waals surface area contributed by atoms with Crippen LogP contribution in [0.4, 0.5) is 10.1 Å². The van der Waals surface area contributed by atoms with Crippen LogP contribution in [0.25, 0.3) is 17.3 Å². The van der Waals surface area contributed by atoms with E-state index in [2.05, 4.69) is 6.08 Å². The van der Waals surface area contributed by atoms with Crippen LogP contribution in [-0.2, 0) is 6.42 Å². The third kappa shape index (κ3) is 4.98. The van der Waals surface area contributed by atoms with Crippen LogP contribution in [0.1, 0.15) is 30.2 Å². The van der Waals surface area contributed by atoms with Crippen LogP contribution in [0.3, 0.4) is 0 Å². The van der Waals surface area contributed by atoms with Crippen molar-refractivity contribution in [2.24, 2.45) is 0 Å². The van der Waals surface area contributed by atoms with Crippen LogP contribution in [0.2, 0.25) is 0 Å². The fraction of sp³-hybridized carbons (Fsp3) is 0.240. The Bertz CT molecular complexity index is 1030. The first-order valence-electron chi connectivity index (χ1n) is 10.0. The molecule has 1 aromatic heterocycles. The number of aromatic nitrogens is 1. The second kappa shape index (κ2) is 9.92. The van der Waals surface area contributed by atoms with Crippen molar-refractivity contribution in [2.45, 2.75) is 26.7 Å². The lowest BCUT2D eigenvalue weighted by atomic mass is 10.0. The topological polar surface area (TPSA) is 57.4 Å². The highest BCUT2D eigenvalue weighted by atomic mass is 19.1. The first-order valence-corrected chi connectivity index (χ1v) is 10.0. The number of pyridine rings is 1. The molecule has 0 atom stereocenters. The molecule has 2 aromatic carbocycles. The van der Waals surface area contributed by atoms with E-state index in [1.54, 1.807) is 19.2 Å². The summed E-state index contributed by atoms with van der Waals surface area (Å²) in [6.45, 7) is 4.49. The van der Waals surface area contributed by atoms with E-state index in [0.717, 1.165) is 52.4 Å². The Morgan fingerprint density at radius 3 is 2.60 bits per heavy atom. The molecule has 0 saturated heterocycles. The molecule has 0 aliphatic rings. The summed E-state index contributed by atoms with van der Waals surface area (Å²) in [7, 11) is 1.63. The van der Waals surface area contributed by atoms with Gasteiger partial charge in [-0.15, -0.1) is 0 Å². The lowest BCUT2D eigenvalue weighted by Crippen LogP contribution is -2.02. The van der Waals surface area contributed by atoms with Crippen molar-refractivity contribution in [3.63, 3.8) is 0 Å². The van der Waals surface area contributed by atoms with Crippen molar-refractivity contribution in [3.8, 4) is 22.8 Å². The summed E-state index contributed by atoms with van der Waals surface area (Å²) in [6, 6.07) is 14.0. The minimum atomic E-state index is -0.273. The van der Waals surface area contributed by atoms with E-state index in [4.69, 9.17) is 20.2 Å². The number of halogens is 1. The molecule has 0 spiro atoms. The highest BCUT2D eigenvalue weighted by Crippen LogP contribution is 2.32. The predicted molar refractivity (Wildman–Crippen MR) is 120 cm³/mol. The molecule has 0 bridgehead atoms. The fourth-order valence-corrected chi connectivity index (χ4v) is 3.34. The first-order chi connectivity index (χ1) is 14.5. The third-order valence-electron chi connectivity index (χ3n) is 4.79. The Balaban J connectivity index is 1.82. The summed E-state index contributed by atoms with van der Waals surface area (Å²) in [4.78, 5) is 4.82. The number of nitrogen functional groups attached to an aromatic ring is 1. The average molecular weight is 407 g/mol. The maximum Gasteiger partial charge on any atom is 0.148 e. The molecule has 2 N–H and O–H groups in total. The Morgan fingerprint density at radius 1 is 1.13 bits per heavy atom. The quantitative estimate of drug-likeness (QED) is 0.478. The number of benzene rings is 2. The van der Waals surface area contributed by atoms with E-state index in [0.29, 0.717) is 12.3 Å². The van der Waals surface area contributed by atoms with Crippen molar-refractivity contribution in [3.05, 3.63) is 77.2 Å². The molecule has 0 saturated carbocycles. The Morgan fingerprint density at radius 2 is 1.90 bits per heavy atom. The molecule has 30 heavy (non-hydrogen) atoms. The van der Waals surface area contributed by atoms with Crippen molar-refractivity contribution in [1.29, 1.82) is 0 Å². The fourth-order valence-electron chi connectivity index (χ4n) is 3.34. The summed E-state index contributed by atoms with van der Waals surface area (Å²) in [6.07, 6.45) is 5.60. The van der Waals surface area contributed by atoms with Crippen LogP contribution in [0, 0.1) is 12.7 Å². The van der Waals surface area contributed by atoms with Gasteiger partial charge in [-0.3, -0.25) is 0 Å². The van der Waals surface area contributed by atoms with Gasteiger partial charge in [0.25, 0.3) is 0 Å². The van der Waals surface area contributed by atoms with E-state index in [-0.39, 0.29) is 5.82 Å². The minimum Gasteiger partial charge on any atom is -0.496 e. The van der Waals surface area contributed by atoms with Crippen LogP contribution in [-0.4, -0.2) is 18.7 Å². The number of nitrogens with zero attached hydrogens (tertiary/aromatic N) is 1. The molecule has 156 valence electrons. The van der Waals surface area contributed by atoms with Gasteiger partial charge >= 0.3 is 0 Å². The summed E-state index contributed by atoms with van der Waals surface area (Å²) < 4.78 is 24.6. The van der Waals surface area contributed by atoms with Gasteiger partial charge < -0.3 is 15.2 Å². The van der Waals surface area contributed by atoms with Crippen molar-refractivity contribution in [1.82, 2.24) is 4.98 Å². The summed E-state index contributed by atoms with van der Waals surface area (Å²) in [5.74, 6) is 1.22. The van der Waals surface area contributed by atoms with Gasteiger partial charge in [-0.2, -0.15) is 0 Å². The van der Waals surface area contributed by atoms with Crippen LogP contribution >= 0.6 is 0 Å². The number of hydrogen-bond acceptors (Lipinski definition) is 4. The molecule has 0 aliphatic carbocycles. The number of hydrogen-bond donors (Lipinski definition) is 1. The SMILES string of the molecule is CCOc1c(C)cc(CC/C=C/c2c(N)cccc2OC)nc1-c1ccc(F)cc1. The lowest BCUT2D eigenvalue weighted by Gasteiger charge is -2.14. The van der Waals surface area contributed by atoms with Crippen LogP contribution < -0.4 is 15.2 Å². The minimum absolute atomic E-state index is 0.273. The van der Waals surface area contributed by atoms with Gasteiger partial charge in [-0.1, -0.05) is 18.2 Å². The smallest absolute Gasteiger partial charge is 0.148 e. The van der Waals surface area contributed by atoms with Crippen molar-refractivity contribution < 1.29 is 13.9 Å². The number of methoxy groups -OCH3 is 1. The average Bonchev–Trinajstić information content (AvgIpc) is 2.74. The van der Waals surface area contributed by atoms with Gasteiger partial charge in [-0.25, -0.2) is 9.37 Å². The number of aryl methyl sites for hydroxylation is 2. The van der Waals surface area contributed by atoms with Gasteiger partial charge in [0.05, 0.1) is 13.7 Å². The Kier molecular flexibility index (Phi) is 7.07. The standard InChI is InChI=1S/C25H27FN2O2/c1-4-30-25-17(2)16-20(28-24(25)18-12-14-19(26)15-13-18)8-5-6-9-21-22(27)10-7-11-23(21)29-3/h6-7,9-16H,4-5,8,27H2,1-3H3/b9-6+. The Hall–Kier alpha value is -3.34. The van der Waals surface area contributed by atoms with E-state index in [1.807, 2.05) is 44.2 Å². The molecular formula is C25H27FN2O2. The zero-order valence-electron chi connectivity index (χ0n) is 17.6. The van der Waals surface area contributed by atoms with Gasteiger partial charge in [0.1, 0.15) is 23.0 Å². The summed E-state index contributed by atoms with van der Waals surface area (Å²) in [5.41, 5.74) is 11.2. The molecular weight excluding hydrogens is 379 g/mol. The molecule has 0 fully saturated rings. The number of anilines is 1. The van der Waals surface area contributed by atoms with E-state index in [9.17, 15) is 4.39 Å². The van der Waals surface area contributed by atoms with Crippen LogP contribution in [0.15, 0.2) is 54.6 Å². The molecule has 0 aliphatic heterocycles. The van der Waals surface area contributed by atoms with Gasteiger partial charge in [-0.05, 0) is 74.7 Å². The zero-order valence-corrected chi connectivity index (χ0v) is 17.6. The van der Waals surface area contributed by atoms with Crippen molar-refractivity contribution >= 4 is 11.8 Å². The highest BCUT2D eigenvalue weighted by Gasteiger charge is 2.13. The maximum absolute atomic E-state index is 13.4. The first kappa shape index (κ1) is 21.4. The van der Waals surface area contributed by atoms with E-state index < -0.39 is 0 Å². The largest absolute Gasteiger partial charge is 0.496 e. The zero-order chi connectivity index (χ0) is 21.5. The van der Waals surface area contributed by atoms with E-state index >= 15 is 0 Å². The molecule has 3 rings (SSSR count). The van der Waals surface area contributed by atoms with Gasteiger partial charge in [0, 0.05) is 22.5 Å². The number of rotatable bonds is 8. The monoisotopic (exact) mass is 406 g/mol. The number of nitrogens with two attached hydrogens (primary N) is 1. The molecule has 0 amide bonds. The predicted octanol–water partition coefficient (Wildman–Crippen LogP) is 5.83. The molecule has 1 heterocycles. The Labute approximate surface area is 177 Å². The second-order valence-corrected chi connectivity index (χ2v) is 6.95. The second-order valence-electron chi connectivity index (χ2n) is 6.95. The molecule has 0 radical (unpaired) electrons. The number of allylic oxidation sites excluding steroid dienone is 1. The molecule has 5 heteroatoms. The van der Waals surface area contributed by atoms with Gasteiger partial charge in [0.15, 0.2) is 0 Å². The number of ether oxygens (including phenoxy) is 2. The molecule has 4 nitrogen and oxygen atoms in total. The van der Waals surface area contributed by atoms with E-state index in [1.165, 1.54) is 12.1 Å². The van der Waals surface area contributed by atoms with Gasteiger partial charge in [0.2, 0.25) is 0 Å².